The van der Waals surface area contributed by atoms with E-state index in [9.17, 15) is 5.11 Å². The van der Waals surface area contributed by atoms with Crippen molar-refractivity contribution < 1.29 is 9.84 Å². The molecule has 0 aliphatic carbocycles. The first-order valence-electron chi connectivity index (χ1n) is 8.41. The molecule has 0 spiro atoms. The van der Waals surface area contributed by atoms with Gasteiger partial charge in [0.2, 0.25) is 0 Å². The first-order chi connectivity index (χ1) is 11.2. The predicted octanol–water partition coefficient (Wildman–Crippen LogP) is 2.78. The summed E-state index contributed by atoms with van der Waals surface area (Å²) in [6.45, 7) is 1.43. The van der Waals surface area contributed by atoms with Gasteiger partial charge in [0.15, 0.2) is 0 Å². The minimum absolute atomic E-state index is 0.288. The Bertz CT molecular complexity index is 641. The van der Waals surface area contributed by atoms with Crippen molar-refractivity contribution in [1.29, 1.82) is 0 Å². The summed E-state index contributed by atoms with van der Waals surface area (Å²) in [6, 6.07) is 19.6. The van der Waals surface area contributed by atoms with Gasteiger partial charge >= 0.3 is 0 Å². The Morgan fingerprint density at radius 3 is 2.17 bits per heavy atom. The van der Waals surface area contributed by atoms with E-state index in [1.54, 1.807) is 0 Å². The molecule has 2 heterocycles. The molecule has 2 aromatic rings. The Morgan fingerprint density at radius 1 is 0.913 bits per heavy atom. The van der Waals surface area contributed by atoms with E-state index in [2.05, 4.69) is 53.8 Å². The maximum Gasteiger partial charge on any atom is 0.0719 e. The number of hydrogen-bond acceptors (Lipinski definition) is 3. The molecular formula is C20H23NO2. The Balaban J connectivity index is 1.48. The number of aliphatic hydroxyl groups is 1. The summed E-state index contributed by atoms with van der Waals surface area (Å²) < 4.78 is 5.57. The van der Waals surface area contributed by atoms with Crippen molar-refractivity contribution in [2.45, 2.75) is 36.9 Å². The summed E-state index contributed by atoms with van der Waals surface area (Å²) >= 11 is 0. The highest BCUT2D eigenvalue weighted by atomic mass is 16.5. The Kier molecular flexibility index (Phi) is 3.93. The lowest BCUT2D eigenvalue weighted by atomic mass is 9.79. The van der Waals surface area contributed by atoms with E-state index in [1.807, 2.05) is 6.07 Å². The van der Waals surface area contributed by atoms with E-state index in [-0.39, 0.29) is 12.1 Å². The molecule has 2 saturated heterocycles. The van der Waals surface area contributed by atoms with Crippen molar-refractivity contribution in [3.63, 3.8) is 0 Å². The third kappa shape index (κ3) is 3.32. The van der Waals surface area contributed by atoms with Gasteiger partial charge in [-0.2, -0.15) is 0 Å². The van der Waals surface area contributed by atoms with Crippen LogP contribution in [0.3, 0.4) is 0 Å². The van der Waals surface area contributed by atoms with Crippen LogP contribution in [0.15, 0.2) is 54.6 Å². The molecule has 0 aromatic heterocycles. The van der Waals surface area contributed by atoms with Gasteiger partial charge in [0.05, 0.1) is 18.8 Å². The number of fused-ring (bicyclic) bond motifs is 2. The molecule has 4 rings (SSSR count). The minimum atomic E-state index is -0.612. The summed E-state index contributed by atoms with van der Waals surface area (Å²) in [5.41, 5.74) is 3.04. The lowest BCUT2D eigenvalue weighted by Crippen LogP contribution is -2.60. The molecule has 0 radical (unpaired) electrons. The van der Waals surface area contributed by atoms with Crippen LogP contribution in [0.2, 0.25) is 0 Å². The summed E-state index contributed by atoms with van der Waals surface area (Å²) in [6.07, 6.45) is 2.25. The normalized spacial score (nSPS) is 30.1. The van der Waals surface area contributed by atoms with Crippen molar-refractivity contribution in [1.82, 2.24) is 5.32 Å². The number of nitrogens with one attached hydrogen (secondary N) is 1. The van der Waals surface area contributed by atoms with Crippen molar-refractivity contribution in [3.8, 4) is 11.1 Å². The third-order valence-electron chi connectivity index (χ3n) is 4.96. The van der Waals surface area contributed by atoms with Crippen LogP contribution in [0.5, 0.6) is 0 Å². The molecule has 2 aliphatic rings. The molecule has 2 bridgehead atoms. The Labute approximate surface area is 137 Å². The lowest BCUT2D eigenvalue weighted by Gasteiger charge is -2.45. The standard InChI is InChI=1S/C20H23NO2/c22-20(11-18-13-23-14-19(12-20)21-18)10-15-6-8-17(9-7-15)16-4-2-1-3-5-16/h1-9,18-19,21-22H,10-14H2. The maximum absolute atomic E-state index is 11.0. The van der Waals surface area contributed by atoms with Gasteiger partial charge in [0, 0.05) is 18.5 Å². The molecule has 2 aliphatic heterocycles. The zero-order valence-corrected chi connectivity index (χ0v) is 13.2. The van der Waals surface area contributed by atoms with Gasteiger partial charge in [-0.3, -0.25) is 0 Å². The molecule has 0 amide bonds. The van der Waals surface area contributed by atoms with E-state index >= 15 is 0 Å². The van der Waals surface area contributed by atoms with Crippen molar-refractivity contribution in [2.75, 3.05) is 13.2 Å². The van der Waals surface area contributed by atoms with Crippen LogP contribution in [0.1, 0.15) is 18.4 Å². The smallest absolute Gasteiger partial charge is 0.0719 e. The van der Waals surface area contributed by atoms with Gasteiger partial charge in [-0.1, -0.05) is 54.6 Å². The molecule has 120 valence electrons. The van der Waals surface area contributed by atoms with Gasteiger partial charge in [0.25, 0.3) is 0 Å². The van der Waals surface area contributed by atoms with Crippen LogP contribution in [0.25, 0.3) is 11.1 Å². The van der Waals surface area contributed by atoms with Crippen LogP contribution < -0.4 is 5.32 Å². The first-order valence-corrected chi connectivity index (χ1v) is 8.41. The monoisotopic (exact) mass is 309 g/mol. The summed E-state index contributed by atoms with van der Waals surface area (Å²) in [5, 5.41) is 14.6. The minimum Gasteiger partial charge on any atom is -0.389 e. The third-order valence-corrected chi connectivity index (χ3v) is 4.96. The number of morpholine rings is 1. The summed E-state index contributed by atoms with van der Waals surface area (Å²) in [4.78, 5) is 0. The van der Waals surface area contributed by atoms with Crippen LogP contribution in [-0.2, 0) is 11.2 Å². The summed E-state index contributed by atoms with van der Waals surface area (Å²) in [5.74, 6) is 0. The zero-order chi connectivity index (χ0) is 15.7. The molecule has 2 atom stereocenters. The number of piperidine rings is 1. The van der Waals surface area contributed by atoms with Gasteiger partial charge in [-0.05, 0) is 29.5 Å². The average molecular weight is 309 g/mol. The lowest BCUT2D eigenvalue weighted by molar-refractivity contribution is -0.0755. The van der Waals surface area contributed by atoms with Gasteiger partial charge < -0.3 is 15.2 Å². The fraction of sp³-hybridized carbons (Fsp3) is 0.400. The number of benzene rings is 2. The quantitative estimate of drug-likeness (QED) is 0.916. The number of hydrogen-bond donors (Lipinski definition) is 2. The van der Waals surface area contributed by atoms with E-state index < -0.39 is 5.60 Å². The topological polar surface area (TPSA) is 41.5 Å². The molecule has 3 nitrogen and oxygen atoms in total. The molecule has 2 fully saturated rings. The first kappa shape index (κ1) is 14.9. The van der Waals surface area contributed by atoms with Gasteiger partial charge in [-0.15, -0.1) is 0 Å². The second-order valence-electron chi connectivity index (χ2n) is 6.97. The van der Waals surface area contributed by atoms with E-state index in [0.29, 0.717) is 13.2 Å². The van der Waals surface area contributed by atoms with E-state index in [1.165, 1.54) is 16.7 Å². The molecular weight excluding hydrogens is 286 g/mol. The molecule has 23 heavy (non-hydrogen) atoms. The second kappa shape index (κ2) is 6.08. The SMILES string of the molecule is OC1(Cc2ccc(-c3ccccc3)cc2)CC2COCC(C1)N2. The molecule has 2 unspecified atom stereocenters. The largest absolute Gasteiger partial charge is 0.389 e. The highest BCUT2D eigenvalue weighted by molar-refractivity contribution is 5.63. The van der Waals surface area contributed by atoms with Crippen molar-refractivity contribution in [2.24, 2.45) is 0 Å². The predicted molar refractivity (Wildman–Crippen MR) is 91.3 cm³/mol. The molecule has 0 saturated carbocycles. The molecule has 3 heteroatoms. The number of rotatable bonds is 3. The van der Waals surface area contributed by atoms with Crippen molar-refractivity contribution >= 4 is 0 Å². The summed E-state index contributed by atoms with van der Waals surface area (Å²) in [7, 11) is 0. The average Bonchev–Trinajstić information content (AvgIpc) is 2.55. The Hall–Kier alpha value is -1.68. The second-order valence-corrected chi connectivity index (χ2v) is 6.97. The van der Waals surface area contributed by atoms with Crippen LogP contribution in [-0.4, -0.2) is 36.0 Å². The number of ether oxygens (including phenoxy) is 1. The van der Waals surface area contributed by atoms with E-state index in [4.69, 9.17) is 4.74 Å². The fourth-order valence-electron chi connectivity index (χ4n) is 3.99. The van der Waals surface area contributed by atoms with Gasteiger partial charge in [0.1, 0.15) is 0 Å². The molecule has 2 aromatic carbocycles. The maximum atomic E-state index is 11.0. The zero-order valence-electron chi connectivity index (χ0n) is 13.2. The molecule has 2 N–H and O–H groups in total. The van der Waals surface area contributed by atoms with Crippen LogP contribution in [0, 0.1) is 0 Å². The highest BCUT2D eigenvalue weighted by Gasteiger charge is 2.41. The van der Waals surface area contributed by atoms with Crippen LogP contribution >= 0.6 is 0 Å². The highest BCUT2D eigenvalue weighted by Crippen LogP contribution is 2.31. The van der Waals surface area contributed by atoms with Crippen molar-refractivity contribution in [3.05, 3.63) is 60.2 Å². The van der Waals surface area contributed by atoms with E-state index in [0.717, 1.165) is 19.3 Å². The Morgan fingerprint density at radius 2 is 1.52 bits per heavy atom. The van der Waals surface area contributed by atoms with Gasteiger partial charge in [-0.25, -0.2) is 0 Å². The fourth-order valence-corrected chi connectivity index (χ4v) is 3.99. The van der Waals surface area contributed by atoms with Crippen LogP contribution in [0.4, 0.5) is 0 Å².